The second-order valence-corrected chi connectivity index (χ2v) is 10.2. The predicted octanol–water partition coefficient (Wildman–Crippen LogP) is 8.01. The van der Waals surface area contributed by atoms with Crippen LogP contribution in [0.4, 0.5) is 13.2 Å². The van der Waals surface area contributed by atoms with E-state index in [1.165, 1.54) is 49.9 Å². The van der Waals surface area contributed by atoms with Crippen molar-refractivity contribution in [2.75, 3.05) is 19.8 Å². The van der Waals surface area contributed by atoms with Gasteiger partial charge in [0.1, 0.15) is 5.75 Å². The van der Waals surface area contributed by atoms with Gasteiger partial charge in [0.05, 0.1) is 36.7 Å². The summed E-state index contributed by atoms with van der Waals surface area (Å²) < 4.78 is 60.5. The van der Waals surface area contributed by atoms with Crippen molar-refractivity contribution in [3.05, 3.63) is 72.1 Å². The number of hydrogen-bond donors (Lipinski definition) is 0. The summed E-state index contributed by atoms with van der Waals surface area (Å²) in [6, 6.07) is 11.5. The molecule has 3 rings (SSSR count). The number of benzene rings is 2. The van der Waals surface area contributed by atoms with Gasteiger partial charge in [0.2, 0.25) is 6.10 Å². The standard InChI is InChI=1S/C33H39F3N2O6/c1-3-5-7-8-9-10-20-42-28-21-37-30(38-22-28)24-11-13-25(14-12-24)31(39)43-27-17-15-26(16-18-27)32(40)44-29(33(34,35)36)23-41-19-6-4-2/h11-18,21-22,29H,3-10,19-20,23H2,1-2H3. The van der Waals surface area contributed by atoms with Gasteiger partial charge >= 0.3 is 18.1 Å². The van der Waals surface area contributed by atoms with Crippen LogP contribution in [-0.4, -0.2) is 54.0 Å². The van der Waals surface area contributed by atoms with Crippen molar-refractivity contribution in [3.63, 3.8) is 0 Å². The van der Waals surface area contributed by atoms with Crippen LogP contribution in [0, 0.1) is 0 Å². The SMILES string of the molecule is CCCCCCCCOc1cnc(-c2ccc(C(=O)Oc3ccc(C(=O)OC(COCCCC)C(F)(F)F)cc3)cc2)nc1. The first kappa shape index (κ1) is 34.5. The Hall–Kier alpha value is -3.99. The number of esters is 2. The predicted molar refractivity (Wildman–Crippen MR) is 159 cm³/mol. The first-order valence-electron chi connectivity index (χ1n) is 14.9. The Bertz CT molecular complexity index is 1280. The van der Waals surface area contributed by atoms with Gasteiger partial charge in [-0.2, -0.15) is 13.2 Å². The van der Waals surface area contributed by atoms with E-state index in [9.17, 15) is 22.8 Å². The lowest BCUT2D eigenvalue weighted by atomic mass is 10.1. The first-order valence-corrected chi connectivity index (χ1v) is 14.9. The second-order valence-electron chi connectivity index (χ2n) is 10.2. The number of nitrogens with zero attached hydrogens (tertiary/aromatic N) is 2. The molecular formula is C33H39F3N2O6. The van der Waals surface area contributed by atoms with Gasteiger partial charge in [-0.25, -0.2) is 19.6 Å². The molecule has 1 atom stereocenters. The van der Waals surface area contributed by atoms with Gasteiger partial charge in [-0.05, 0) is 49.2 Å². The molecule has 0 aliphatic rings. The van der Waals surface area contributed by atoms with E-state index in [4.69, 9.17) is 14.2 Å². The third-order valence-corrected chi connectivity index (χ3v) is 6.60. The van der Waals surface area contributed by atoms with Gasteiger partial charge in [0, 0.05) is 12.2 Å². The Kier molecular flexibility index (Phi) is 14.1. The third-order valence-electron chi connectivity index (χ3n) is 6.60. The van der Waals surface area contributed by atoms with Crippen LogP contribution in [0.2, 0.25) is 0 Å². The highest BCUT2D eigenvalue weighted by atomic mass is 19.4. The van der Waals surface area contributed by atoms with E-state index in [1.807, 2.05) is 6.92 Å². The lowest BCUT2D eigenvalue weighted by Crippen LogP contribution is -2.38. The van der Waals surface area contributed by atoms with Gasteiger partial charge in [-0.3, -0.25) is 0 Å². The highest BCUT2D eigenvalue weighted by Gasteiger charge is 2.43. The highest BCUT2D eigenvalue weighted by molar-refractivity contribution is 5.92. The molecule has 238 valence electrons. The number of rotatable bonds is 18. The Balaban J connectivity index is 1.49. The number of ether oxygens (including phenoxy) is 4. The molecule has 3 aromatic rings. The van der Waals surface area contributed by atoms with Crippen molar-refractivity contribution in [1.29, 1.82) is 0 Å². The van der Waals surface area contributed by atoms with Crippen LogP contribution >= 0.6 is 0 Å². The van der Waals surface area contributed by atoms with Crippen molar-refractivity contribution in [2.24, 2.45) is 0 Å². The van der Waals surface area contributed by atoms with Crippen molar-refractivity contribution in [3.8, 4) is 22.9 Å². The van der Waals surface area contributed by atoms with Crippen LogP contribution in [-0.2, 0) is 9.47 Å². The molecule has 1 heterocycles. The number of unbranched alkanes of at least 4 members (excludes halogenated alkanes) is 6. The van der Waals surface area contributed by atoms with E-state index >= 15 is 0 Å². The lowest BCUT2D eigenvalue weighted by Gasteiger charge is -2.20. The molecule has 0 N–H and O–H groups in total. The molecule has 11 heteroatoms. The molecule has 0 aliphatic heterocycles. The van der Waals surface area contributed by atoms with Crippen molar-refractivity contribution >= 4 is 11.9 Å². The Morgan fingerprint density at radius 3 is 1.95 bits per heavy atom. The third kappa shape index (κ3) is 11.6. The lowest BCUT2D eigenvalue weighted by molar-refractivity contribution is -0.217. The maximum atomic E-state index is 13.3. The zero-order valence-corrected chi connectivity index (χ0v) is 25.1. The largest absolute Gasteiger partial charge is 0.490 e. The van der Waals surface area contributed by atoms with E-state index in [2.05, 4.69) is 21.6 Å². The number of aromatic nitrogens is 2. The van der Waals surface area contributed by atoms with Gasteiger partial charge in [0.15, 0.2) is 11.6 Å². The molecule has 0 spiro atoms. The molecule has 1 unspecified atom stereocenters. The highest BCUT2D eigenvalue weighted by Crippen LogP contribution is 2.25. The second kappa shape index (κ2) is 18.0. The van der Waals surface area contributed by atoms with Crippen LogP contribution in [0.1, 0.15) is 85.9 Å². The molecule has 0 amide bonds. The van der Waals surface area contributed by atoms with Crippen LogP contribution in [0.3, 0.4) is 0 Å². The van der Waals surface area contributed by atoms with Crippen LogP contribution in [0.15, 0.2) is 60.9 Å². The van der Waals surface area contributed by atoms with E-state index in [0.717, 1.165) is 19.3 Å². The average molecular weight is 617 g/mol. The van der Waals surface area contributed by atoms with Gasteiger partial charge < -0.3 is 18.9 Å². The Morgan fingerprint density at radius 2 is 1.32 bits per heavy atom. The normalized spacial score (nSPS) is 12.0. The van der Waals surface area contributed by atoms with Crippen molar-refractivity contribution in [1.82, 2.24) is 9.97 Å². The smallest absolute Gasteiger partial charge is 0.427 e. The average Bonchev–Trinajstić information content (AvgIpc) is 3.02. The van der Waals surface area contributed by atoms with E-state index < -0.39 is 30.8 Å². The minimum absolute atomic E-state index is 0.103. The molecule has 1 aromatic heterocycles. The summed E-state index contributed by atoms with van der Waals surface area (Å²) in [6.45, 7) is 4.05. The number of carbonyl (C=O) groups is 2. The molecule has 0 saturated carbocycles. The van der Waals surface area contributed by atoms with Crippen LogP contribution in [0.25, 0.3) is 11.4 Å². The number of halogens is 3. The first-order chi connectivity index (χ1) is 21.2. The van der Waals surface area contributed by atoms with Crippen LogP contribution in [0.5, 0.6) is 11.5 Å². The maximum absolute atomic E-state index is 13.3. The number of alkyl halides is 3. The summed E-state index contributed by atoms with van der Waals surface area (Å²) in [7, 11) is 0. The summed E-state index contributed by atoms with van der Waals surface area (Å²) in [5.74, 6) is -0.657. The topological polar surface area (TPSA) is 96.8 Å². The number of hydrogen-bond acceptors (Lipinski definition) is 8. The Labute approximate surface area is 255 Å². The molecule has 44 heavy (non-hydrogen) atoms. The fourth-order valence-corrected chi connectivity index (χ4v) is 4.02. The van der Waals surface area contributed by atoms with Crippen molar-refractivity contribution < 1.29 is 41.7 Å². The quantitative estimate of drug-likeness (QED) is 0.0806. The molecule has 0 aliphatic carbocycles. The molecule has 0 fully saturated rings. The van der Waals surface area contributed by atoms with Crippen molar-refractivity contribution in [2.45, 2.75) is 77.5 Å². The summed E-state index contributed by atoms with van der Waals surface area (Å²) in [5.41, 5.74) is 0.822. The fraction of sp³-hybridized carbons (Fsp3) is 0.455. The zero-order valence-electron chi connectivity index (χ0n) is 25.1. The summed E-state index contributed by atoms with van der Waals surface area (Å²) in [6.07, 6.45) is 4.50. The summed E-state index contributed by atoms with van der Waals surface area (Å²) in [5, 5.41) is 0. The molecule has 0 bridgehead atoms. The van der Waals surface area contributed by atoms with E-state index in [0.29, 0.717) is 30.2 Å². The molecule has 0 saturated heterocycles. The molecular weight excluding hydrogens is 577 g/mol. The molecule has 8 nitrogen and oxygen atoms in total. The minimum Gasteiger partial charge on any atom is -0.490 e. The van der Waals surface area contributed by atoms with Gasteiger partial charge in [-0.15, -0.1) is 0 Å². The molecule has 2 aromatic carbocycles. The van der Waals surface area contributed by atoms with E-state index in [1.54, 1.807) is 36.7 Å². The Morgan fingerprint density at radius 1 is 0.727 bits per heavy atom. The van der Waals surface area contributed by atoms with Crippen LogP contribution < -0.4 is 9.47 Å². The maximum Gasteiger partial charge on any atom is 0.427 e. The number of carbonyl (C=O) groups excluding carboxylic acids is 2. The van der Waals surface area contributed by atoms with Gasteiger partial charge in [0.25, 0.3) is 0 Å². The van der Waals surface area contributed by atoms with E-state index in [-0.39, 0.29) is 23.5 Å². The molecule has 0 radical (unpaired) electrons. The summed E-state index contributed by atoms with van der Waals surface area (Å²) in [4.78, 5) is 33.6. The zero-order chi connectivity index (χ0) is 31.8. The van der Waals surface area contributed by atoms with Gasteiger partial charge in [-0.1, -0.05) is 64.5 Å². The summed E-state index contributed by atoms with van der Waals surface area (Å²) >= 11 is 0. The minimum atomic E-state index is -4.77. The fourth-order valence-electron chi connectivity index (χ4n) is 4.02. The monoisotopic (exact) mass is 616 g/mol.